The molecule has 0 saturated carbocycles. The van der Waals surface area contributed by atoms with Gasteiger partial charge in [0.05, 0.1) is 11.5 Å². The summed E-state index contributed by atoms with van der Waals surface area (Å²) in [6, 6.07) is 4.35. The largest absolute Gasteiger partial charge is 0.508 e. The van der Waals surface area contributed by atoms with Crippen molar-refractivity contribution in [2.24, 2.45) is 5.92 Å². The molecule has 2 rings (SSSR count). The number of hydrogen-bond acceptors (Lipinski definition) is 5. The zero-order chi connectivity index (χ0) is 19.3. The lowest BCUT2D eigenvalue weighted by atomic mass is 10.0. The fraction of sp³-hybridized carbons (Fsp3) is 0.529. The Kier molecular flexibility index (Phi) is 6.47. The van der Waals surface area contributed by atoms with E-state index in [0.29, 0.717) is 18.5 Å². The van der Waals surface area contributed by atoms with Gasteiger partial charge in [-0.05, 0) is 30.9 Å². The number of sulfone groups is 1. The summed E-state index contributed by atoms with van der Waals surface area (Å²) >= 11 is 0. The van der Waals surface area contributed by atoms with E-state index in [9.17, 15) is 23.1 Å². The highest BCUT2D eigenvalue weighted by Gasteiger charge is 2.30. The Morgan fingerprint density at radius 3 is 2.62 bits per heavy atom. The zero-order valence-electron chi connectivity index (χ0n) is 14.9. The lowest BCUT2D eigenvalue weighted by Gasteiger charge is -2.21. The molecule has 8 nitrogen and oxygen atoms in total. The molecule has 1 aliphatic heterocycles. The van der Waals surface area contributed by atoms with Crippen molar-refractivity contribution in [1.82, 2.24) is 10.6 Å². The predicted molar refractivity (Wildman–Crippen MR) is 98.7 cm³/mol. The molecule has 2 atom stereocenters. The molecule has 26 heavy (non-hydrogen) atoms. The highest BCUT2D eigenvalue weighted by atomic mass is 32.2. The summed E-state index contributed by atoms with van der Waals surface area (Å²) in [5.41, 5.74) is 0.424. The van der Waals surface area contributed by atoms with Crippen LogP contribution in [0.25, 0.3) is 0 Å². The molecule has 9 heteroatoms. The van der Waals surface area contributed by atoms with Gasteiger partial charge in [0.25, 0.3) is 0 Å². The first-order valence-corrected chi connectivity index (χ1v) is 10.3. The lowest BCUT2D eigenvalue weighted by molar-refractivity contribution is -0.118. The van der Waals surface area contributed by atoms with Gasteiger partial charge in [-0.3, -0.25) is 4.79 Å². The number of aromatic hydroxyl groups is 1. The van der Waals surface area contributed by atoms with Gasteiger partial charge in [0, 0.05) is 17.8 Å². The van der Waals surface area contributed by atoms with Crippen molar-refractivity contribution in [3.05, 3.63) is 24.3 Å². The van der Waals surface area contributed by atoms with Crippen LogP contribution < -0.4 is 16.0 Å². The fourth-order valence-corrected chi connectivity index (χ4v) is 4.48. The maximum atomic E-state index is 12.5. The lowest BCUT2D eigenvalue weighted by Crippen LogP contribution is -2.51. The average molecular weight is 383 g/mol. The van der Waals surface area contributed by atoms with Crippen LogP contribution in [0.3, 0.4) is 0 Å². The number of hydrogen-bond donors (Lipinski definition) is 4. The third-order valence-corrected chi connectivity index (χ3v) is 5.78. The number of anilines is 1. The molecule has 0 aliphatic carbocycles. The molecule has 1 aliphatic rings. The van der Waals surface area contributed by atoms with Crippen LogP contribution in [0.4, 0.5) is 10.5 Å². The standard InChI is InChI=1S/C17H25N3O5S/c1-11(2)8-15(16(22)18-12-4-3-5-14(21)9-12)20-17(23)19-13-6-7-26(24,25)10-13/h3-5,9,11,13,15,21H,6-8,10H2,1-2H3,(H,18,22)(H2,19,20,23)/t13-,15+/m1/s1. The topological polar surface area (TPSA) is 125 Å². The molecule has 3 amide bonds. The summed E-state index contributed by atoms with van der Waals surface area (Å²) in [5.74, 6) is -0.243. The predicted octanol–water partition coefficient (Wildman–Crippen LogP) is 1.23. The van der Waals surface area contributed by atoms with Gasteiger partial charge in [-0.25, -0.2) is 13.2 Å². The van der Waals surface area contributed by atoms with Gasteiger partial charge >= 0.3 is 6.03 Å². The molecule has 144 valence electrons. The second-order valence-electron chi connectivity index (χ2n) is 6.94. The van der Waals surface area contributed by atoms with Gasteiger partial charge in [-0.2, -0.15) is 0 Å². The van der Waals surface area contributed by atoms with Gasteiger partial charge < -0.3 is 21.1 Å². The summed E-state index contributed by atoms with van der Waals surface area (Å²) in [6.07, 6.45) is 0.793. The van der Waals surface area contributed by atoms with Crippen molar-refractivity contribution in [2.75, 3.05) is 16.8 Å². The molecule has 0 unspecified atom stereocenters. The van der Waals surface area contributed by atoms with Crippen LogP contribution >= 0.6 is 0 Å². The third-order valence-electron chi connectivity index (χ3n) is 4.01. The van der Waals surface area contributed by atoms with E-state index in [-0.39, 0.29) is 23.2 Å². The second kappa shape index (κ2) is 8.39. The van der Waals surface area contributed by atoms with Crippen LogP contribution in [0.15, 0.2) is 24.3 Å². The molecule has 0 aromatic heterocycles. The Morgan fingerprint density at radius 1 is 1.31 bits per heavy atom. The van der Waals surface area contributed by atoms with Crippen LogP contribution in [0, 0.1) is 5.92 Å². The minimum atomic E-state index is -3.10. The summed E-state index contributed by atoms with van der Waals surface area (Å²) in [7, 11) is -3.10. The number of phenolic OH excluding ortho intramolecular Hbond substituents is 1. The van der Waals surface area contributed by atoms with Crippen LogP contribution in [0.5, 0.6) is 5.75 Å². The minimum Gasteiger partial charge on any atom is -0.508 e. The summed E-state index contributed by atoms with van der Waals surface area (Å²) in [6.45, 7) is 3.86. The fourth-order valence-electron chi connectivity index (χ4n) is 2.81. The third kappa shape index (κ3) is 6.21. The first kappa shape index (κ1) is 20.0. The molecular formula is C17H25N3O5S. The number of amides is 3. The van der Waals surface area contributed by atoms with E-state index in [1.165, 1.54) is 12.1 Å². The van der Waals surface area contributed by atoms with E-state index < -0.39 is 33.9 Å². The molecule has 1 aromatic rings. The average Bonchev–Trinajstić information content (AvgIpc) is 2.84. The van der Waals surface area contributed by atoms with E-state index in [4.69, 9.17) is 0 Å². The van der Waals surface area contributed by atoms with Crippen LogP contribution in [0.2, 0.25) is 0 Å². The Balaban J connectivity index is 1.97. The molecule has 0 radical (unpaired) electrons. The number of phenols is 1. The first-order valence-electron chi connectivity index (χ1n) is 8.52. The first-order chi connectivity index (χ1) is 12.1. The van der Waals surface area contributed by atoms with E-state index in [2.05, 4.69) is 16.0 Å². The van der Waals surface area contributed by atoms with Gasteiger partial charge in [-0.15, -0.1) is 0 Å². The Hall–Kier alpha value is -2.29. The summed E-state index contributed by atoms with van der Waals surface area (Å²) in [5, 5.41) is 17.4. The van der Waals surface area contributed by atoms with E-state index >= 15 is 0 Å². The summed E-state index contributed by atoms with van der Waals surface area (Å²) in [4.78, 5) is 24.7. The van der Waals surface area contributed by atoms with Gasteiger partial charge in [-0.1, -0.05) is 19.9 Å². The van der Waals surface area contributed by atoms with Crippen LogP contribution in [-0.2, 0) is 14.6 Å². The molecule has 4 N–H and O–H groups in total. The molecule has 1 saturated heterocycles. The minimum absolute atomic E-state index is 0.0244. The monoisotopic (exact) mass is 383 g/mol. The van der Waals surface area contributed by atoms with E-state index in [1.54, 1.807) is 12.1 Å². The number of rotatable bonds is 6. The normalized spacial score (nSPS) is 19.7. The Bertz CT molecular complexity index is 763. The molecule has 0 bridgehead atoms. The van der Waals surface area contributed by atoms with Crippen molar-refractivity contribution < 1.29 is 23.1 Å². The molecule has 1 aromatic carbocycles. The number of carbonyl (C=O) groups excluding carboxylic acids is 2. The number of carbonyl (C=O) groups is 2. The van der Waals surface area contributed by atoms with Crippen LogP contribution in [-0.4, -0.2) is 49.1 Å². The van der Waals surface area contributed by atoms with Crippen LogP contribution in [0.1, 0.15) is 26.7 Å². The van der Waals surface area contributed by atoms with Crippen molar-refractivity contribution in [1.29, 1.82) is 0 Å². The van der Waals surface area contributed by atoms with Gasteiger partial charge in [0.1, 0.15) is 11.8 Å². The van der Waals surface area contributed by atoms with Crippen molar-refractivity contribution in [3.63, 3.8) is 0 Å². The highest BCUT2D eigenvalue weighted by molar-refractivity contribution is 7.91. The zero-order valence-corrected chi connectivity index (χ0v) is 15.7. The Labute approximate surface area is 153 Å². The van der Waals surface area contributed by atoms with Crippen molar-refractivity contribution in [3.8, 4) is 5.75 Å². The molecule has 0 spiro atoms. The van der Waals surface area contributed by atoms with Crippen molar-refractivity contribution >= 4 is 27.5 Å². The van der Waals surface area contributed by atoms with E-state index in [0.717, 1.165) is 0 Å². The second-order valence-corrected chi connectivity index (χ2v) is 9.17. The number of benzene rings is 1. The maximum absolute atomic E-state index is 12.5. The Morgan fingerprint density at radius 2 is 2.04 bits per heavy atom. The van der Waals surface area contributed by atoms with Gasteiger partial charge in [0.15, 0.2) is 9.84 Å². The maximum Gasteiger partial charge on any atom is 0.315 e. The SMILES string of the molecule is CC(C)C[C@H](NC(=O)N[C@@H]1CCS(=O)(=O)C1)C(=O)Nc1cccc(O)c1. The molecular weight excluding hydrogens is 358 g/mol. The summed E-state index contributed by atoms with van der Waals surface area (Å²) < 4.78 is 22.9. The van der Waals surface area contributed by atoms with Crippen molar-refractivity contribution in [2.45, 2.75) is 38.8 Å². The van der Waals surface area contributed by atoms with Gasteiger partial charge in [0.2, 0.25) is 5.91 Å². The number of urea groups is 1. The highest BCUT2D eigenvalue weighted by Crippen LogP contribution is 2.16. The molecule has 1 fully saturated rings. The number of nitrogens with one attached hydrogen (secondary N) is 3. The molecule has 1 heterocycles. The van der Waals surface area contributed by atoms with E-state index in [1.807, 2.05) is 13.8 Å². The quantitative estimate of drug-likeness (QED) is 0.588. The smallest absolute Gasteiger partial charge is 0.315 e.